The van der Waals surface area contributed by atoms with E-state index in [1.165, 1.54) is 51.7 Å². The van der Waals surface area contributed by atoms with Crippen molar-refractivity contribution < 1.29 is 29.2 Å². The van der Waals surface area contributed by atoms with E-state index in [1.807, 2.05) is 0 Å². The Morgan fingerprint density at radius 3 is 2.00 bits per heavy atom. The van der Waals surface area contributed by atoms with E-state index in [9.17, 15) is 15.0 Å². The van der Waals surface area contributed by atoms with Crippen LogP contribution in [0.3, 0.4) is 0 Å². The lowest BCUT2D eigenvalue weighted by atomic mass is 10.00. The molecule has 2 aromatic carbocycles. The summed E-state index contributed by atoms with van der Waals surface area (Å²) in [4.78, 5) is 12.7. The summed E-state index contributed by atoms with van der Waals surface area (Å²) in [6.45, 7) is 0. The van der Waals surface area contributed by atoms with Crippen LogP contribution in [0.1, 0.15) is 15.9 Å². The highest BCUT2D eigenvalue weighted by Gasteiger charge is 2.24. The van der Waals surface area contributed by atoms with Crippen LogP contribution in [0.25, 0.3) is 0 Å². The van der Waals surface area contributed by atoms with Gasteiger partial charge in [-0.2, -0.15) is 0 Å². The highest BCUT2D eigenvalue weighted by molar-refractivity contribution is 6.14. The number of carbonyl (C=O) groups excluding carboxylic acids is 1. The van der Waals surface area contributed by atoms with Crippen molar-refractivity contribution in [2.24, 2.45) is 0 Å². The summed E-state index contributed by atoms with van der Waals surface area (Å²) in [5, 5.41) is 19.4. The van der Waals surface area contributed by atoms with E-state index in [0.29, 0.717) is 5.75 Å². The normalized spacial score (nSPS) is 10.1. The predicted octanol–water partition coefficient (Wildman–Crippen LogP) is 2.35. The molecule has 22 heavy (non-hydrogen) atoms. The second-order valence-corrected chi connectivity index (χ2v) is 4.44. The largest absolute Gasteiger partial charge is 0.508 e. The molecule has 0 bridgehead atoms. The molecular formula is C16H16O6. The summed E-state index contributed by atoms with van der Waals surface area (Å²) in [7, 11) is 4.30. The van der Waals surface area contributed by atoms with Crippen LogP contribution in [-0.2, 0) is 0 Å². The average Bonchev–Trinajstić information content (AvgIpc) is 2.54. The number of phenolic OH excluding ortho intramolecular Hbond substituents is 2. The number of aromatic hydroxyl groups is 2. The first-order valence-electron chi connectivity index (χ1n) is 6.38. The van der Waals surface area contributed by atoms with Gasteiger partial charge in [0.2, 0.25) is 5.78 Å². The van der Waals surface area contributed by atoms with Crippen molar-refractivity contribution in [2.45, 2.75) is 0 Å². The number of methoxy groups -OCH3 is 3. The molecule has 0 aliphatic carbocycles. The first kappa shape index (κ1) is 15.5. The van der Waals surface area contributed by atoms with E-state index in [2.05, 4.69) is 0 Å². The Labute approximate surface area is 127 Å². The highest BCUT2D eigenvalue weighted by atomic mass is 16.5. The third kappa shape index (κ3) is 2.76. The molecule has 116 valence electrons. The number of hydrogen-bond acceptors (Lipinski definition) is 6. The summed E-state index contributed by atoms with van der Waals surface area (Å²) >= 11 is 0. The van der Waals surface area contributed by atoms with E-state index in [-0.39, 0.29) is 34.1 Å². The molecule has 0 fully saturated rings. The lowest BCUT2D eigenvalue weighted by molar-refractivity contribution is 0.103. The number of ether oxygens (including phenoxy) is 3. The van der Waals surface area contributed by atoms with Gasteiger partial charge < -0.3 is 24.4 Å². The molecule has 0 atom stereocenters. The zero-order valence-corrected chi connectivity index (χ0v) is 12.4. The molecule has 0 saturated carbocycles. The Bertz CT molecular complexity index is 683. The van der Waals surface area contributed by atoms with Gasteiger partial charge in [0.25, 0.3) is 0 Å². The quantitative estimate of drug-likeness (QED) is 0.651. The van der Waals surface area contributed by atoms with Gasteiger partial charge >= 0.3 is 0 Å². The van der Waals surface area contributed by atoms with Crippen molar-refractivity contribution in [1.82, 2.24) is 0 Å². The Morgan fingerprint density at radius 2 is 1.50 bits per heavy atom. The molecule has 6 heteroatoms. The molecule has 0 aliphatic rings. The first-order valence-corrected chi connectivity index (χ1v) is 6.38. The topological polar surface area (TPSA) is 85.2 Å². The second-order valence-electron chi connectivity index (χ2n) is 4.44. The molecule has 0 radical (unpaired) electrons. The third-order valence-corrected chi connectivity index (χ3v) is 3.17. The minimum Gasteiger partial charge on any atom is -0.508 e. The number of rotatable bonds is 5. The van der Waals surface area contributed by atoms with Crippen molar-refractivity contribution in [3.8, 4) is 28.7 Å². The maximum atomic E-state index is 12.7. The zero-order chi connectivity index (χ0) is 16.3. The summed E-state index contributed by atoms with van der Waals surface area (Å²) in [6, 6.07) is 6.78. The fourth-order valence-corrected chi connectivity index (χ4v) is 2.07. The molecule has 6 nitrogen and oxygen atoms in total. The number of hydrogen-bond donors (Lipinski definition) is 2. The van der Waals surface area contributed by atoms with E-state index in [1.54, 1.807) is 0 Å². The van der Waals surface area contributed by atoms with Gasteiger partial charge in [-0.1, -0.05) is 0 Å². The van der Waals surface area contributed by atoms with Crippen molar-refractivity contribution in [1.29, 1.82) is 0 Å². The van der Waals surface area contributed by atoms with Gasteiger partial charge in [0.05, 0.1) is 26.9 Å². The van der Waals surface area contributed by atoms with E-state index in [0.717, 1.165) is 0 Å². The molecule has 0 amide bonds. The van der Waals surface area contributed by atoms with Crippen molar-refractivity contribution in [3.63, 3.8) is 0 Å². The fourth-order valence-electron chi connectivity index (χ4n) is 2.07. The number of phenols is 2. The van der Waals surface area contributed by atoms with Crippen LogP contribution in [0.15, 0.2) is 30.3 Å². The number of ketones is 1. The SMILES string of the molecule is COc1cc(OC)c(C(=O)c2cc(O)ccc2O)c(OC)c1. The smallest absolute Gasteiger partial charge is 0.204 e. The van der Waals surface area contributed by atoms with E-state index in [4.69, 9.17) is 14.2 Å². The Kier molecular flexibility index (Phi) is 4.41. The lowest BCUT2D eigenvalue weighted by Gasteiger charge is -2.14. The van der Waals surface area contributed by atoms with Gasteiger partial charge in [0, 0.05) is 12.1 Å². The van der Waals surface area contributed by atoms with Crippen LogP contribution in [-0.4, -0.2) is 37.3 Å². The van der Waals surface area contributed by atoms with E-state index >= 15 is 0 Å². The molecule has 0 aliphatic heterocycles. The van der Waals surface area contributed by atoms with E-state index < -0.39 is 5.78 Å². The summed E-state index contributed by atoms with van der Waals surface area (Å²) in [6.07, 6.45) is 0. The zero-order valence-electron chi connectivity index (χ0n) is 12.4. The Hall–Kier alpha value is -2.89. The Morgan fingerprint density at radius 1 is 0.909 bits per heavy atom. The van der Waals surface area contributed by atoms with Gasteiger partial charge in [-0.3, -0.25) is 4.79 Å². The molecule has 0 unspecified atom stereocenters. The molecule has 2 rings (SSSR count). The van der Waals surface area contributed by atoms with Gasteiger partial charge in [-0.15, -0.1) is 0 Å². The second kappa shape index (κ2) is 6.26. The van der Waals surface area contributed by atoms with Crippen LogP contribution < -0.4 is 14.2 Å². The van der Waals surface area contributed by atoms with Crippen LogP contribution in [0, 0.1) is 0 Å². The molecule has 0 saturated heterocycles. The third-order valence-electron chi connectivity index (χ3n) is 3.17. The van der Waals surface area contributed by atoms with Crippen LogP contribution in [0.2, 0.25) is 0 Å². The molecular weight excluding hydrogens is 288 g/mol. The molecule has 0 aromatic heterocycles. The minimum atomic E-state index is -0.537. The van der Waals surface area contributed by atoms with Crippen molar-refractivity contribution in [2.75, 3.05) is 21.3 Å². The van der Waals surface area contributed by atoms with Gasteiger partial charge in [-0.05, 0) is 18.2 Å². The molecule has 2 N–H and O–H groups in total. The van der Waals surface area contributed by atoms with Crippen LogP contribution in [0.4, 0.5) is 0 Å². The average molecular weight is 304 g/mol. The van der Waals surface area contributed by atoms with Gasteiger partial charge in [0.1, 0.15) is 34.3 Å². The minimum absolute atomic E-state index is 0.0539. The monoisotopic (exact) mass is 304 g/mol. The Balaban J connectivity index is 2.64. The molecule has 2 aromatic rings. The number of benzene rings is 2. The van der Waals surface area contributed by atoms with Gasteiger partial charge in [0.15, 0.2) is 0 Å². The van der Waals surface area contributed by atoms with Crippen molar-refractivity contribution >= 4 is 5.78 Å². The standard InChI is InChI=1S/C16H16O6/c1-20-10-7-13(21-2)15(14(8-10)22-3)16(19)11-6-9(17)4-5-12(11)18/h4-8,17-18H,1-3H3. The first-order chi connectivity index (χ1) is 10.5. The maximum absolute atomic E-state index is 12.7. The fraction of sp³-hybridized carbons (Fsp3) is 0.188. The summed E-state index contributed by atoms with van der Waals surface area (Å²) < 4.78 is 15.6. The summed E-state index contributed by atoms with van der Waals surface area (Å²) in [5.74, 6) is 0.0262. The lowest BCUT2D eigenvalue weighted by Crippen LogP contribution is -2.07. The predicted molar refractivity (Wildman–Crippen MR) is 79.3 cm³/mol. The molecule has 0 heterocycles. The number of carbonyl (C=O) groups is 1. The summed E-state index contributed by atoms with van der Waals surface area (Å²) in [5.41, 5.74) is 0.0773. The van der Waals surface area contributed by atoms with Gasteiger partial charge in [-0.25, -0.2) is 0 Å². The van der Waals surface area contributed by atoms with Crippen molar-refractivity contribution in [3.05, 3.63) is 41.5 Å². The maximum Gasteiger partial charge on any atom is 0.204 e. The molecule has 0 spiro atoms. The van der Waals surface area contributed by atoms with Crippen LogP contribution >= 0.6 is 0 Å². The highest BCUT2D eigenvalue weighted by Crippen LogP contribution is 2.37. The van der Waals surface area contributed by atoms with Crippen LogP contribution in [0.5, 0.6) is 28.7 Å².